The van der Waals surface area contributed by atoms with Gasteiger partial charge in [-0.3, -0.25) is 0 Å². The zero-order valence-corrected chi connectivity index (χ0v) is 12.4. The minimum atomic E-state index is -0.125. The lowest BCUT2D eigenvalue weighted by molar-refractivity contribution is 0.186. The number of aliphatic hydroxyl groups excluding tert-OH is 2. The smallest absolute Gasteiger partial charge is 0.119 e. The first-order chi connectivity index (χ1) is 9.17. The second-order valence-electron chi connectivity index (χ2n) is 3.01. The van der Waals surface area contributed by atoms with E-state index in [9.17, 15) is 0 Å². The highest BCUT2D eigenvalue weighted by Crippen LogP contribution is 2.06. The molecule has 0 aliphatic rings. The SMILES string of the molecule is C=CC.C=CC.CCOc1ccccc1.OCCO. The minimum Gasteiger partial charge on any atom is -0.494 e. The summed E-state index contributed by atoms with van der Waals surface area (Å²) in [6.07, 6.45) is 3.50. The average Bonchev–Trinajstić information content (AvgIpc) is 2.42. The first kappa shape index (κ1) is 22.6. The van der Waals surface area contributed by atoms with Crippen LogP contribution in [0.5, 0.6) is 5.75 Å². The van der Waals surface area contributed by atoms with Crippen molar-refractivity contribution in [1.82, 2.24) is 0 Å². The van der Waals surface area contributed by atoms with Gasteiger partial charge in [-0.2, -0.15) is 0 Å². The maximum absolute atomic E-state index is 7.62. The van der Waals surface area contributed by atoms with Crippen molar-refractivity contribution in [2.45, 2.75) is 20.8 Å². The van der Waals surface area contributed by atoms with Gasteiger partial charge in [-0.25, -0.2) is 0 Å². The molecule has 1 aromatic rings. The van der Waals surface area contributed by atoms with E-state index in [-0.39, 0.29) is 13.2 Å². The third-order valence-electron chi connectivity index (χ3n) is 1.15. The molecule has 0 aliphatic carbocycles. The molecular weight excluding hydrogens is 240 g/mol. The van der Waals surface area contributed by atoms with Crippen LogP contribution in [0.1, 0.15) is 20.8 Å². The van der Waals surface area contributed by atoms with Gasteiger partial charge in [-0.05, 0) is 32.9 Å². The highest BCUT2D eigenvalue weighted by Gasteiger charge is 1.83. The summed E-state index contributed by atoms with van der Waals surface area (Å²) in [7, 11) is 0. The third-order valence-corrected chi connectivity index (χ3v) is 1.15. The second kappa shape index (κ2) is 25.3. The molecule has 2 N–H and O–H groups in total. The Bertz CT molecular complexity index is 250. The molecule has 0 unspecified atom stereocenters. The number of hydrogen-bond donors (Lipinski definition) is 2. The Kier molecular flexibility index (Phi) is 30.1. The van der Waals surface area contributed by atoms with Crippen LogP contribution in [0.15, 0.2) is 55.6 Å². The number of ether oxygens (including phenoxy) is 1. The Balaban J connectivity index is -0.000000216. The van der Waals surface area contributed by atoms with Crippen LogP contribution in [-0.2, 0) is 0 Å². The molecule has 0 aromatic heterocycles. The Labute approximate surface area is 117 Å². The molecule has 0 radical (unpaired) electrons. The van der Waals surface area contributed by atoms with Crippen molar-refractivity contribution >= 4 is 0 Å². The Morgan fingerprint density at radius 1 is 1.00 bits per heavy atom. The number of para-hydroxylation sites is 1. The van der Waals surface area contributed by atoms with E-state index in [2.05, 4.69) is 13.2 Å². The normalized spacial score (nSPS) is 7.21. The molecule has 0 heterocycles. The second-order valence-corrected chi connectivity index (χ2v) is 3.01. The van der Waals surface area contributed by atoms with E-state index < -0.39 is 0 Å². The van der Waals surface area contributed by atoms with E-state index in [0.29, 0.717) is 0 Å². The molecule has 0 aliphatic heterocycles. The van der Waals surface area contributed by atoms with Gasteiger partial charge in [0.2, 0.25) is 0 Å². The molecule has 1 aromatic carbocycles. The number of rotatable bonds is 3. The fraction of sp³-hybridized carbons (Fsp3) is 0.375. The largest absolute Gasteiger partial charge is 0.494 e. The van der Waals surface area contributed by atoms with Crippen LogP contribution in [0.25, 0.3) is 0 Å². The van der Waals surface area contributed by atoms with Crippen molar-refractivity contribution in [3.63, 3.8) is 0 Å². The molecule has 19 heavy (non-hydrogen) atoms. The molecule has 0 spiro atoms. The summed E-state index contributed by atoms with van der Waals surface area (Å²) in [4.78, 5) is 0. The topological polar surface area (TPSA) is 49.7 Å². The molecule has 0 saturated carbocycles. The molecule has 0 fully saturated rings. The van der Waals surface area contributed by atoms with Crippen molar-refractivity contribution in [1.29, 1.82) is 0 Å². The first-order valence-electron chi connectivity index (χ1n) is 6.21. The van der Waals surface area contributed by atoms with Gasteiger partial charge in [0.25, 0.3) is 0 Å². The van der Waals surface area contributed by atoms with Crippen molar-refractivity contribution in [3.8, 4) is 5.75 Å². The van der Waals surface area contributed by atoms with Crippen LogP contribution < -0.4 is 4.74 Å². The van der Waals surface area contributed by atoms with Crippen molar-refractivity contribution < 1.29 is 14.9 Å². The number of hydrogen-bond acceptors (Lipinski definition) is 3. The molecule has 110 valence electrons. The Hall–Kier alpha value is -1.58. The predicted octanol–water partition coefficient (Wildman–Crippen LogP) is 3.44. The minimum absolute atomic E-state index is 0.125. The number of benzene rings is 1. The third kappa shape index (κ3) is 31.4. The van der Waals surface area contributed by atoms with Crippen LogP contribution in [0, 0.1) is 0 Å². The maximum atomic E-state index is 7.62. The first-order valence-corrected chi connectivity index (χ1v) is 6.21. The van der Waals surface area contributed by atoms with Crippen LogP contribution in [0.4, 0.5) is 0 Å². The van der Waals surface area contributed by atoms with Gasteiger partial charge >= 0.3 is 0 Å². The van der Waals surface area contributed by atoms with Gasteiger partial charge in [0, 0.05) is 0 Å². The number of allylic oxidation sites excluding steroid dienone is 2. The summed E-state index contributed by atoms with van der Waals surface area (Å²) in [5.41, 5.74) is 0. The maximum Gasteiger partial charge on any atom is 0.119 e. The van der Waals surface area contributed by atoms with E-state index >= 15 is 0 Å². The fourth-order valence-corrected chi connectivity index (χ4v) is 0.683. The van der Waals surface area contributed by atoms with Gasteiger partial charge < -0.3 is 14.9 Å². The van der Waals surface area contributed by atoms with Gasteiger partial charge in [0.05, 0.1) is 19.8 Å². The highest BCUT2D eigenvalue weighted by atomic mass is 16.5. The van der Waals surface area contributed by atoms with E-state index in [0.717, 1.165) is 12.4 Å². The molecule has 0 bridgehead atoms. The highest BCUT2D eigenvalue weighted by molar-refractivity contribution is 5.20. The number of aliphatic hydroxyl groups is 2. The Morgan fingerprint density at radius 2 is 1.37 bits per heavy atom. The summed E-state index contributed by atoms with van der Waals surface area (Å²) in [6, 6.07) is 9.80. The lowest BCUT2D eigenvalue weighted by Crippen LogP contribution is -1.89. The molecular formula is C16H28O3. The Morgan fingerprint density at radius 3 is 1.63 bits per heavy atom. The van der Waals surface area contributed by atoms with Crippen molar-refractivity contribution in [3.05, 3.63) is 55.6 Å². The van der Waals surface area contributed by atoms with E-state index in [1.807, 2.05) is 51.1 Å². The summed E-state index contributed by atoms with van der Waals surface area (Å²) in [5, 5.41) is 15.2. The standard InChI is InChI=1S/C8H10O.2C3H6.C2H6O2/c1-2-9-8-6-4-3-5-7-8;2*1-3-2;3-1-2-4/h3-7H,2H2,1H3;2*3H,1H2,2H3;3-4H,1-2H2. The van der Waals surface area contributed by atoms with Crippen molar-refractivity contribution in [2.24, 2.45) is 0 Å². The molecule has 3 nitrogen and oxygen atoms in total. The van der Waals surface area contributed by atoms with E-state index in [4.69, 9.17) is 14.9 Å². The van der Waals surface area contributed by atoms with Gasteiger partial charge in [0.15, 0.2) is 0 Å². The van der Waals surface area contributed by atoms with Crippen LogP contribution in [0.2, 0.25) is 0 Å². The lowest BCUT2D eigenvalue weighted by Gasteiger charge is -1.99. The zero-order chi connectivity index (χ0) is 15.4. The predicted molar refractivity (Wildman–Crippen MR) is 83.5 cm³/mol. The fourth-order valence-electron chi connectivity index (χ4n) is 0.683. The molecule has 1 rings (SSSR count). The summed E-state index contributed by atoms with van der Waals surface area (Å²) < 4.78 is 5.21. The van der Waals surface area contributed by atoms with Gasteiger partial charge in [-0.1, -0.05) is 30.4 Å². The van der Waals surface area contributed by atoms with E-state index in [1.165, 1.54) is 0 Å². The quantitative estimate of drug-likeness (QED) is 0.826. The summed E-state index contributed by atoms with van der Waals surface area (Å²) >= 11 is 0. The summed E-state index contributed by atoms with van der Waals surface area (Å²) in [5.74, 6) is 0.944. The zero-order valence-electron chi connectivity index (χ0n) is 12.4. The van der Waals surface area contributed by atoms with Crippen LogP contribution in [-0.4, -0.2) is 30.0 Å². The molecule has 0 amide bonds. The van der Waals surface area contributed by atoms with Gasteiger partial charge in [-0.15, -0.1) is 13.2 Å². The van der Waals surface area contributed by atoms with Gasteiger partial charge in [0.1, 0.15) is 5.75 Å². The molecule has 0 saturated heterocycles. The summed E-state index contributed by atoms with van der Waals surface area (Å²) in [6.45, 7) is 13.0. The average molecular weight is 268 g/mol. The van der Waals surface area contributed by atoms with Crippen LogP contribution >= 0.6 is 0 Å². The lowest BCUT2D eigenvalue weighted by atomic mass is 10.3. The molecule has 0 atom stereocenters. The van der Waals surface area contributed by atoms with Crippen LogP contribution in [0.3, 0.4) is 0 Å². The molecule has 3 heteroatoms. The monoisotopic (exact) mass is 268 g/mol. The van der Waals surface area contributed by atoms with Crippen molar-refractivity contribution in [2.75, 3.05) is 19.8 Å². The van der Waals surface area contributed by atoms with E-state index in [1.54, 1.807) is 12.2 Å².